The van der Waals surface area contributed by atoms with E-state index < -0.39 is 98.8 Å². The van der Waals surface area contributed by atoms with Crippen molar-refractivity contribution in [3.05, 3.63) is 59.0 Å². The molecule has 0 bridgehead atoms. The lowest BCUT2D eigenvalue weighted by molar-refractivity contribution is -0.145. The summed E-state index contributed by atoms with van der Waals surface area (Å²) in [5.41, 5.74) is -1.43. The van der Waals surface area contributed by atoms with Crippen molar-refractivity contribution in [3.63, 3.8) is 0 Å². The number of hydrogen-bond acceptors (Lipinski definition) is 5. The molecule has 1 fully saturated rings. The molecule has 5 atom stereocenters. The normalized spacial score (nSPS) is 24.4. The highest BCUT2D eigenvalue weighted by atomic mass is 28.4. The van der Waals surface area contributed by atoms with Gasteiger partial charge in [0.15, 0.2) is 31.6 Å². The second-order valence-corrected chi connectivity index (χ2v) is 15.6. The van der Waals surface area contributed by atoms with E-state index in [1.54, 1.807) is 0 Å². The molecule has 0 spiro atoms. The number of allylic oxidation sites excluding steroid dienone is 2. The van der Waals surface area contributed by atoms with Crippen molar-refractivity contribution in [2.75, 3.05) is 0 Å². The van der Waals surface area contributed by atoms with Gasteiger partial charge in [0.2, 0.25) is 5.82 Å². The van der Waals surface area contributed by atoms with Crippen LogP contribution in [0.5, 0.6) is 0 Å². The maximum Gasteiger partial charge on any atom is 0.306 e. The van der Waals surface area contributed by atoms with Crippen LogP contribution in [-0.4, -0.2) is 42.8 Å². The van der Waals surface area contributed by atoms with Gasteiger partial charge in [-0.1, -0.05) is 50.5 Å². The van der Waals surface area contributed by atoms with E-state index in [2.05, 4.69) is 31.3 Å². The summed E-state index contributed by atoms with van der Waals surface area (Å²) in [5.74, 6) is -13.7. The smallest absolute Gasteiger partial charge is 0.306 e. The molecule has 1 aromatic carbocycles. The minimum atomic E-state index is -2.91. The summed E-state index contributed by atoms with van der Waals surface area (Å²) in [7, 11) is -1.87. The van der Waals surface area contributed by atoms with Crippen LogP contribution in [0.2, 0.25) is 19.6 Å². The molecule has 0 radical (unpaired) electrons. The topological polar surface area (TPSA) is 76.0 Å². The van der Waals surface area contributed by atoms with Gasteiger partial charge in [0, 0.05) is 24.2 Å². The third kappa shape index (κ3) is 10.9. The van der Waals surface area contributed by atoms with E-state index >= 15 is 0 Å². The van der Waals surface area contributed by atoms with Gasteiger partial charge in [0.25, 0.3) is 0 Å². The molecule has 1 aliphatic carbocycles. The molecule has 41 heavy (non-hydrogen) atoms. The SMILES string of the molecule is [2H]C([2H])(/C=C\C[C@H]1[C@@H](/C=C/[C@H](CCCCC)O[Si](C)(C)C)[C@H](O)C[C@@H]1O)C([2H])([2H])CC(=O)OCc1c(F)c(F)c(F)c(F)c1F. The molecule has 232 valence electrons. The highest BCUT2D eigenvalue weighted by Crippen LogP contribution is 2.36. The van der Waals surface area contributed by atoms with Crippen molar-refractivity contribution >= 4 is 14.3 Å². The minimum absolute atomic E-state index is 0.0723. The number of ether oxygens (including phenoxy) is 1. The van der Waals surface area contributed by atoms with Gasteiger partial charge < -0.3 is 19.4 Å². The lowest BCUT2D eigenvalue weighted by atomic mass is 9.89. The van der Waals surface area contributed by atoms with Crippen LogP contribution in [0.4, 0.5) is 22.0 Å². The number of unbranched alkanes of at least 4 members (excludes halogenated alkanes) is 2. The quantitative estimate of drug-likeness (QED) is 0.0392. The zero-order valence-electron chi connectivity index (χ0n) is 27.9. The Bertz CT molecular complexity index is 1200. The third-order valence-electron chi connectivity index (χ3n) is 6.68. The number of carbonyl (C=O) groups is 1. The lowest BCUT2D eigenvalue weighted by Crippen LogP contribution is -2.31. The standard InChI is InChI=1S/C30H43F5O5Si/c1-5-6-9-12-19(40-41(2,3)4)15-16-21-20(23(36)17-24(21)37)13-10-7-8-11-14-25(38)39-18-22-26(31)28(33)30(35)29(34)27(22)32/h7,10,15-16,19-21,23-24,36-37H,5-6,8-9,11-14,17-18H2,1-4H3/b10-7-,16-15+/t19-,20-,21+,23-,24+/m0/s1/i8D2,11D2. The van der Waals surface area contributed by atoms with E-state index in [0.717, 1.165) is 31.8 Å². The van der Waals surface area contributed by atoms with Crippen LogP contribution in [0.25, 0.3) is 0 Å². The number of carbonyl (C=O) groups excluding carboxylic acids is 1. The van der Waals surface area contributed by atoms with Crippen LogP contribution < -0.4 is 0 Å². The number of aliphatic hydroxyl groups is 2. The van der Waals surface area contributed by atoms with E-state index in [9.17, 15) is 37.0 Å². The number of halogens is 5. The van der Waals surface area contributed by atoms with Crippen LogP contribution >= 0.6 is 0 Å². The average molecular weight is 611 g/mol. The Hall–Kier alpha value is -2.08. The Morgan fingerprint density at radius 2 is 1.66 bits per heavy atom. The molecule has 1 aromatic rings. The minimum Gasteiger partial charge on any atom is -0.461 e. The number of aliphatic hydroxyl groups excluding tert-OH is 2. The fourth-order valence-electron chi connectivity index (χ4n) is 4.65. The predicted octanol–water partition coefficient (Wildman–Crippen LogP) is 7.26. The van der Waals surface area contributed by atoms with Crippen molar-refractivity contribution in [1.29, 1.82) is 0 Å². The van der Waals surface area contributed by atoms with E-state index in [4.69, 9.17) is 9.91 Å². The Balaban J connectivity index is 2.08. The molecule has 2 rings (SSSR count). The predicted molar refractivity (Wildman–Crippen MR) is 149 cm³/mol. The summed E-state index contributed by atoms with van der Waals surface area (Å²) >= 11 is 0. The van der Waals surface area contributed by atoms with E-state index in [1.807, 2.05) is 12.2 Å². The van der Waals surface area contributed by atoms with Crippen LogP contribution in [-0.2, 0) is 20.6 Å². The molecule has 5 nitrogen and oxygen atoms in total. The number of esters is 1. The first-order chi connectivity index (χ1) is 20.7. The van der Waals surface area contributed by atoms with Crippen LogP contribution in [0, 0.1) is 40.9 Å². The monoisotopic (exact) mass is 610 g/mol. The van der Waals surface area contributed by atoms with E-state index in [1.165, 1.54) is 6.08 Å². The average Bonchev–Trinajstić information content (AvgIpc) is 3.19. The molecular formula is C30H43F5O5Si. The number of hydrogen-bond donors (Lipinski definition) is 2. The highest BCUT2D eigenvalue weighted by Gasteiger charge is 2.39. The fraction of sp³-hybridized carbons (Fsp3) is 0.633. The summed E-state index contributed by atoms with van der Waals surface area (Å²) in [5, 5.41) is 21.2. The number of rotatable bonds is 16. The summed E-state index contributed by atoms with van der Waals surface area (Å²) in [6.45, 7) is 6.95. The maximum atomic E-state index is 13.8. The molecular weight excluding hydrogens is 563 g/mol. The third-order valence-corrected chi connectivity index (χ3v) is 7.69. The van der Waals surface area contributed by atoms with Gasteiger partial charge in [-0.3, -0.25) is 4.79 Å². The van der Waals surface area contributed by atoms with Gasteiger partial charge in [0.05, 0.1) is 23.9 Å². The lowest BCUT2D eigenvalue weighted by Gasteiger charge is -2.25. The molecule has 11 heteroatoms. The molecule has 0 unspecified atom stereocenters. The van der Waals surface area contributed by atoms with Gasteiger partial charge in [-0.2, -0.15) is 0 Å². The molecule has 0 aromatic heterocycles. The molecule has 1 saturated carbocycles. The second kappa shape index (κ2) is 16.5. The summed E-state index contributed by atoms with van der Waals surface area (Å²) in [4.78, 5) is 12.2. The molecule has 0 amide bonds. The second-order valence-electron chi connectivity index (χ2n) is 11.1. The first-order valence-corrected chi connectivity index (χ1v) is 17.2. The summed E-state index contributed by atoms with van der Waals surface area (Å²) in [6, 6.07) is 0. The van der Waals surface area contributed by atoms with Crippen LogP contribution in [0.1, 0.15) is 75.7 Å². The summed E-state index contributed by atoms with van der Waals surface area (Å²) < 4.78 is 111. The van der Waals surface area contributed by atoms with Gasteiger partial charge in [-0.05, 0) is 51.1 Å². The fourth-order valence-corrected chi connectivity index (χ4v) is 5.75. The molecule has 0 heterocycles. The van der Waals surface area contributed by atoms with Crippen molar-refractivity contribution in [1.82, 2.24) is 0 Å². The summed E-state index contributed by atoms with van der Waals surface area (Å²) in [6.07, 6.45) is 1.13. The van der Waals surface area contributed by atoms with Gasteiger partial charge >= 0.3 is 5.97 Å². The Morgan fingerprint density at radius 1 is 1.02 bits per heavy atom. The van der Waals surface area contributed by atoms with E-state index in [-0.39, 0.29) is 18.9 Å². The largest absolute Gasteiger partial charge is 0.461 e. The molecule has 2 N–H and O–H groups in total. The Labute approximate surface area is 246 Å². The zero-order chi connectivity index (χ0) is 34.3. The maximum absolute atomic E-state index is 13.8. The van der Waals surface area contributed by atoms with Gasteiger partial charge in [0.1, 0.15) is 6.61 Å². The molecule has 1 aliphatic rings. The van der Waals surface area contributed by atoms with Crippen molar-refractivity contribution in [2.24, 2.45) is 11.8 Å². The number of benzene rings is 1. The van der Waals surface area contributed by atoms with Gasteiger partial charge in [-0.25, -0.2) is 22.0 Å². The van der Waals surface area contributed by atoms with Crippen molar-refractivity contribution in [2.45, 2.75) is 109 Å². The zero-order valence-corrected chi connectivity index (χ0v) is 24.9. The molecule has 0 saturated heterocycles. The Kier molecular flexibility index (Phi) is 11.7. The molecule has 0 aliphatic heterocycles. The first-order valence-electron chi connectivity index (χ1n) is 15.8. The first kappa shape index (κ1) is 29.0. The van der Waals surface area contributed by atoms with Crippen LogP contribution in [0.15, 0.2) is 24.3 Å². The van der Waals surface area contributed by atoms with Crippen LogP contribution in [0.3, 0.4) is 0 Å². The Morgan fingerprint density at radius 3 is 2.27 bits per heavy atom. The van der Waals surface area contributed by atoms with Crippen molar-refractivity contribution in [3.8, 4) is 0 Å². The van der Waals surface area contributed by atoms with Crippen molar-refractivity contribution < 1.29 is 51.6 Å². The highest BCUT2D eigenvalue weighted by molar-refractivity contribution is 6.69. The van der Waals surface area contributed by atoms with Gasteiger partial charge in [-0.15, -0.1) is 0 Å². The van der Waals surface area contributed by atoms with E-state index in [0.29, 0.717) is 0 Å².